The molecule has 0 aromatic carbocycles. The largest absolute Gasteiger partial charge is 0.480 e. The van der Waals surface area contributed by atoms with Crippen molar-refractivity contribution in [1.82, 2.24) is 9.97 Å². The molecule has 1 aromatic heterocycles. The molecule has 0 unspecified atom stereocenters. The molecule has 0 saturated carbocycles. The predicted molar refractivity (Wildman–Crippen MR) is 42.6 cm³/mol. The number of hydrogen-bond acceptors (Lipinski definition) is 5. The lowest BCUT2D eigenvalue weighted by Crippen LogP contribution is -2.14. The zero-order valence-corrected chi connectivity index (χ0v) is 6.19. The zero-order valence-electron chi connectivity index (χ0n) is 6.19. The molecule has 0 aliphatic rings. The molecule has 6 heteroatoms. The Morgan fingerprint density at radius 2 is 2.50 bits per heavy atom. The van der Waals surface area contributed by atoms with Crippen LogP contribution in [0, 0.1) is 0 Å². The highest BCUT2D eigenvalue weighted by molar-refractivity contribution is 5.74. The Bertz CT molecular complexity index is 289. The molecule has 64 valence electrons. The molecule has 12 heavy (non-hydrogen) atoms. The second-order valence-corrected chi connectivity index (χ2v) is 2.07. The molecule has 6 nitrogen and oxygen atoms in total. The third-order valence-corrected chi connectivity index (χ3v) is 1.15. The van der Waals surface area contributed by atoms with E-state index in [1.54, 1.807) is 0 Å². The van der Waals surface area contributed by atoms with Crippen LogP contribution < -0.4 is 11.1 Å². The van der Waals surface area contributed by atoms with E-state index < -0.39 is 5.97 Å². The van der Waals surface area contributed by atoms with Gasteiger partial charge >= 0.3 is 5.97 Å². The molecular weight excluding hydrogens is 160 g/mol. The van der Waals surface area contributed by atoms with Gasteiger partial charge in [0.2, 0.25) is 0 Å². The van der Waals surface area contributed by atoms with E-state index in [2.05, 4.69) is 15.3 Å². The van der Waals surface area contributed by atoms with Crippen molar-refractivity contribution in [3.05, 3.63) is 12.5 Å². The van der Waals surface area contributed by atoms with E-state index in [0.717, 1.165) is 0 Å². The third-order valence-electron chi connectivity index (χ3n) is 1.15. The summed E-state index contributed by atoms with van der Waals surface area (Å²) in [5.74, 6) is -0.625. The normalized spacial score (nSPS) is 9.33. The van der Waals surface area contributed by atoms with Crippen molar-refractivity contribution in [2.24, 2.45) is 0 Å². The minimum Gasteiger partial charge on any atom is -0.480 e. The summed E-state index contributed by atoms with van der Waals surface area (Å²) in [6, 6.07) is 0. The Hall–Kier alpha value is -1.85. The van der Waals surface area contributed by atoms with Crippen LogP contribution in [0.4, 0.5) is 11.5 Å². The van der Waals surface area contributed by atoms with Crippen LogP contribution in [-0.4, -0.2) is 27.6 Å². The van der Waals surface area contributed by atoms with Gasteiger partial charge in [-0.2, -0.15) is 0 Å². The van der Waals surface area contributed by atoms with Gasteiger partial charge in [0, 0.05) is 0 Å². The molecule has 0 amide bonds. The molecule has 0 saturated heterocycles. The van der Waals surface area contributed by atoms with Crippen molar-refractivity contribution in [1.29, 1.82) is 0 Å². The quantitative estimate of drug-likeness (QED) is 0.565. The first kappa shape index (κ1) is 8.25. The lowest BCUT2D eigenvalue weighted by molar-refractivity contribution is -0.134. The van der Waals surface area contributed by atoms with Crippen molar-refractivity contribution >= 4 is 17.5 Å². The molecule has 0 aliphatic carbocycles. The van der Waals surface area contributed by atoms with Gasteiger partial charge < -0.3 is 16.2 Å². The second-order valence-electron chi connectivity index (χ2n) is 2.07. The maximum atomic E-state index is 10.1. The fourth-order valence-corrected chi connectivity index (χ4v) is 0.647. The number of anilines is 2. The van der Waals surface area contributed by atoms with Crippen molar-refractivity contribution in [2.45, 2.75) is 0 Å². The summed E-state index contributed by atoms with van der Waals surface area (Å²) in [6.45, 7) is -0.207. The van der Waals surface area contributed by atoms with Gasteiger partial charge in [-0.15, -0.1) is 0 Å². The van der Waals surface area contributed by atoms with Crippen molar-refractivity contribution in [3.63, 3.8) is 0 Å². The monoisotopic (exact) mass is 168 g/mol. The van der Waals surface area contributed by atoms with Crippen LogP contribution in [0.25, 0.3) is 0 Å². The number of rotatable bonds is 3. The number of carbonyl (C=O) groups is 1. The summed E-state index contributed by atoms with van der Waals surface area (Å²) in [6.07, 6.45) is 2.69. The number of hydrogen-bond donors (Lipinski definition) is 3. The number of carboxylic acids is 1. The molecule has 0 bridgehead atoms. The molecule has 1 rings (SSSR count). The summed E-state index contributed by atoms with van der Waals surface area (Å²) in [7, 11) is 0. The van der Waals surface area contributed by atoms with E-state index in [0.29, 0.717) is 11.5 Å². The van der Waals surface area contributed by atoms with Gasteiger partial charge in [-0.05, 0) is 0 Å². The summed E-state index contributed by atoms with van der Waals surface area (Å²) in [5, 5.41) is 10.9. The Labute approximate surface area is 68.4 Å². The van der Waals surface area contributed by atoms with Crippen LogP contribution >= 0.6 is 0 Å². The Kier molecular flexibility index (Phi) is 2.42. The highest BCUT2D eigenvalue weighted by Crippen LogP contribution is 2.09. The first-order chi connectivity index (χ1) is 5.70. The van der Waals surface area contributed by atoms with E-state index in [1.807, 2.05) is 0 Å². The first-order valence-electron chi connectivity index (χ1n) is 3.21. The maximum Gasteiger partial charge on any atom is 0.322 e. The molecule has 4 N–H and O–H groups in total. The number of nitrogens with one attached hydrogen (secondary N) is 1. The van der Waals surface area contributed by atoms with Gasteiger partial charge in [-0.25, -0.2) is 9.97 Å². The summed E-state index contributed by atoms with van der Waals surface area (Å²) < 4.78 is 0. The Morgan fingerprint density at radius 3 is 3.08 bits per heavy atom. The zero-order chi connectivity index (χ0) is 8.97. The van der Waals surface area contributed by atoms with Crippen molar-refractivity contribution in [3.8, 4) is 0 Å². The summed E-state index contributed by atoms with van der Waals surface area (Å²) in [4.78, 5) is 17.5. The van der Waals surface area contributed by atoms with Gasteiger partial charge in [0.25, 0.3) is 0 Å². The molecule has 0 atom stereocenters. The van der Waals surface area contributed by atoms with Crippen LogP contribution in [0.5, 0.6) is 0 Å². The second kappa shape index (κ2) is 3.51. The highest BCUT2D eigenvalue weighted by Gasteiger charge is 2.00. The van der Waals surface area contributed by atoms with Crippen LogP contribution in [0.3, 0.4) is 0 Å². The van der Waals surface area contributed by atoms with Crippen LogP contribution in [-0.2, 0) is 4.79 Å². The van der Waals surface area contributed by atoms with Crippen LogP contribution in [0.2, 0.25) is 0 Å². The van der Waals surface area contributed by atoms with Crippen molar-refractivity contribution < 1.29 is 9.90 Å². The lowest BCUT2D eigenvalue weighted by atomic mass is 10.5. The van der Waals surface area contributed by atoms with E-state index in [9.17, 15) is 4.79 Å². The topological polar surface area (TPSA) is 101 Å². The van der Waals surface area contributed by atoms with Gasteiger partial charge in [0.15, 0.2) is 5.82 Å². The minimum atomic E-state index is -0.965. The van der Waals surface area contributed by atoms with E-state index in [1.165, 1.54) is 12.5 Å². The summed E-state index contributed by atoms with van der Waals surface area (Å²) >= 11 is 0. The summed E-state index contributed by atoms with van der Waals surface area (Å²) in [5.41, 5.74) is 5.76. The smallest absolute Gasteiger partial charge is 0.322 e. The maximum absolute atomic E-state index is 10.1. The Morgan fingerprint density at radius 1 is 1.75 bits per heavy atom. The predicted octanol–water partition coefficient (Wildman–Crippen LogP) is -0.445. The van der Waals surface area contributed by atoms with Crippen molar-refractivity contribution in [2.75, 3.05) is 17.6 Å². The van der Waals surface area contributed by atoms with Gasteiger partial charge in [0.05, 0.1) is 11.9 Å². The van der Waals surface area contributed by atoms with Crippen LogP contribution in [0.15, 0.2) is 12.5 Å². The molecule has 0 aliphatic heterocycles. The molecule has 1 heterocycles. The molecule has 0 spiro atoms. The van der Waals surface area contributed by atoms with Gasteiger partial charge in [-0.1, -0.05) is 0 Å². The van der Waals surface area contributed by atoms with Gasteiger partial charge in [0.1, 0.15) is 12.9 Å². The van der Waals surface area contributed by atoms with E-state index >= 15 is 0 Å². The highest BCUT2D eigenvalue weighted by atomic mass is 16.4. The average molecular weight is 168 g/mol. The van der Waals surface area contributed by atoms with E-state index in [4.69, 9.17) is 10.8 Å². The number of nitrogen functional groups attached to an aromatic ring is 1. The fraction of sp³-hybridized carbons (Fsp3) is 0.167. The SMILES string of the molecule is Nc1cncnc1NCC(=O)O. The third kappa shape index (κ3) is 2.08. The van der Waals surface area contributed by atoms with Crippen LogP contribution in [0.1, 0.15) is 0 Å². The Balaban J connectivity index is 2.63. The minimum absolute atomic E-state index is 0.207. The van der Waals surface area contributed by atoms with Gasteiger partial charge in [-0.3, -0.25) is 4.79 Å². The number of carboxylic acid groups (broad SMARTS) is 1. The fourth-order valence-electron chi connectivity index (χ4n) is 0.647. The average Bonchev–Trinajstić information content (AvgIpc) is 2.03. The van der Waals surface area contributed by atoms with E-state index in [-0.39, 0.29) is 6.54 Å². The molecular formula is C6H8N4O2. The molecule has 0 fully saturated rings. The number of nitrogens with two attached hydrogens (primary N) is 1. The standard InChI is InChI=1S/C6H8N4O2/c7-4-1-8-3-10-6(4)9-2-5(11)12/h1,3H,2,7H2,(H,11,12)(H,8,9,10). The first-order valence-corrected chi connectivity index (χ1v) is 3.21. The number of nitrogens with zero attached hydrogens (tertiary/aromatic N) is 2. The number of aliphatic carboxylic acids is 1. The number of aromatic nitrogens is 2. The lowest BCUT2D eigenvalue weighted by Gasteiger charge is -2.03. The molecule has 1 aromatic rings. The molecule has 0 radical (unpaired) electrons.